The van der Waals surface area contributed by atoms with Gasteiger partial charge in [0.25, 0.3) is 0 Å². The van der Waals surface area contributed by atoms with Crippen molar-refractivity contribution >= 4 is 5.97 Å². The number of phenols is 1. The van der Waals surface area contributed by atoms with Crippen molar-refractivity contribution in [1.29, 1.82) is 5.26 Å². The normalized spacial score (nSPS) is 17.2. The number of nitrogens with zero attached hydrogens (tertiary/aromatic N) is 1. The molecule has 0 unspecified atom stereocenters. The lowest BCUT2D eigenvalue weighted by Gasteiger charge is -2.32. The van der Waals surface area contributed by atoms with Crippen molar-refractivity contribution in [2.45, 2.75) is 85.0 Å². The second-order valence-electron chi connectivity index (χ2n) is 10.2. The molecule has 0 saturated heterocycles. The molecule has 0 aliphatic carbocycles. The summed E-state index contributed by atoms with van der Waals surface area (Å²) < 4.78 is 11.1. The number of hydrogen-bond acceptors (Lipinski definition) is 6. The van der Waals surface area contributed by atoms with E-state index < -0.39 is 11.9 Å². The Morgan fingerprint density at radius 1 is 1.16 bits per heavy atom. The summed E-state index contributed by atoms with van der Waals surface area (Å²) in [5, 5.41) is 21.1. The molecule has 1 aromatic rings. The number of esters is 1. The SMILES string of the molecule is CCCC1=C(C(=O)OCC)[C@H](c2cc(C(C)(C)C)c(O)c(C(C)(C)C)c2)C(C#N)=C(N)O1. The fourth-order valence-corrected chi connectivity index (χ4v) is 3.96. The maximum Gasteiger partial charge on any atom is 0.338 e. The first-order chi connectivity index (χ1) is 14.8. The van der Waals surface area contributed by atoms with Gasteiger partial charge >= 0.3 is 5.97 Å². The molecule has 2 rings (SSSR count). The smallest absolute Gasteiger partial charge is 0.338 e. The van der Waals surface area contributed by atoms with Crippen LogP contribution in [0, 0.1) is 11.3 Å². The third-order valence-electron chi connectivity index (χ3n) is 5.55. The molecule has 0 bridgehead atoms. The lowest BCUT2D eigenvalue weighted by Crippen LogP contribution is -2.27. The number of carbonyl (C=O) groups is 1. The molecule has 0 aromatic heterocycles. The monoisotopic (exact) mass is 440 g/mol. The van der Waals surface area contributed by atoms with Crippen LogP contribution in [-0.4, -0.2) is 17.7 Å². The summed E-state index contributed by atoms with van der Waals surface area (Å²) in [4.78, 5) is 13.1. The van der Waals surface area contributed by atoms with Gasteiger partial charge in [0.15, 0.2) is 0 Å². The number of hydrogen-bond donors (Lipinski definition) is 2. The van der Waals surface area contributed by atoms with Crippen LogP contribution in [0.2, 0.25) is 0 Å². The average molecular weight is 441 g/mol. The molecule has 0 fully saturated rings. The molecule has 1 atom stereocenters. The quantitative estimate of drug-likeness (QED) is 0.593. The highest BCUT2D eigenvalue weighted by atomic mass is 16.5. The topological polar surface area (TPSA) is 106 Å². The van der Waals surface area contributed by atoms with Gasteiger partial charge in [-0.3, -0.25) is 0 Å². The van der Waals surface area contributed by atoms with E-state index in [9.17, 15) is 15.2 Å². The molecule has 1 aromatic carbocycles. The Balaban J connectivity index is 2.95. The summed E-state index contributed by atoms with van der Waals surface area (Å²) in [6, 6.07) is 5.89. The Bertz CT molecular complexity index is 963. The van der Waals surface area contributed by atoms with Gasteiger partial charge in [-0.25, -0.2) is 4.79 Å². The average Bonchev–Trinajstić information content (AvgIpc) is 2.66. The third-order valence-corrected chi connectivity index (χ3v) is 5.55. The molecule has 0 radical (unpaired) electrons. The zero-order valence-electron chi connectivity index (χ0n) is 20.5. The highest BCUT2D eigenvalue weighted by molar-refractivity contribution is 5.92. The van der Waals surface area contributed by atoms with E-state index in [-0.39, 0.29) is 34.6 Å². The maximum absolute atomic E-state index is 13.1. The van der Waals surface area contributed by atoms with Gasteiger partial charge in [0.05, 0.1) is 18.1 Å². The van der Waals surface area contributed by atoms with Crippen LogP contribution < -0.4 is 5.73 Å². The van der Waals surface area contributed by atoms with E-state index in [1.165, 1.54) is 0 Å². The van der Waals surface area contributed by atoms with Crippen molar-refractivity contribution in [3.05, 3.63) is 51.6 Å². The van der Waals surface area contributed by atoms with E-state index in [4.69, 9.17) is 15.2 Å². The van der Waals surface area contributed by atoms with Crippen LogP contribution in [0.5, 0.6) is 5.75 Å². The second-order valence-corrected chi connectivity index (χ2v) is 10.2. The second kappa shape index (κ2) is 9.28. The highest BCUT2D eigenvalue weighted by Crippen LogP contribution is 2.46. The minimum Gasteiger partial charge on any atom is -0.507 e. The minimum atomic E-state index is -0.739. The molecule has 0 saturated carbocycles. The van der Waals surface area contributed by atoms with Crippen LogP contribution >= 0.6 is 0 Å². The van der Waals surface area contributed by atoms with Crippen molar-refractivity contribution < 1.29 is 19.4 Å². The largest absolute Gasteiger partial charge is 0.507 e. The number of allylic oxidation sites excluding steroid dienone is 2. The van der Waals surface area contributed by atoms with Crippen LogP contribution in [0.3, 0.4) is 0 Å². The Hall–Kier alpha value is -2.94. The predicted octanol–water partition coefficient (Wildman–Crippen LogP) is 5.41. The van der Waals surface area contributed by atoms with Crippen LogP contribution in [-0.2, 0) is 25.1 Å². The third kappa shape index (κ3) is 4.93. The Kier molecular flexibility index (Phi) is 7.34. The lowest BCUT2D eigenvalue weighted by atomic mass is 9.74. The van der Waals surface area contributed by atoms with Crippen LogP contribution in [0.4, 0.5) is 0 Å². The number of benzene rings is 1. The van der Waals surface area contributed by atoms with E-state index in [0.29, 0.717) is 23.3 Å². The van der Waals surface area contributed by atoms with Crippen LogP contribution in [0.1, 0.15) is 90.8 Å². The molecule has 32 heavy (non-hydrogen) atoms. The first-order valence-electron chi connectivity index (χ1n) is 11.1. The van der Waals surface area contributed by atoms with Gasteiger partial charge in [0, 0.05) is 6.42 Å². The van der Waals surface area contributed by atoms with E-state index in [1.807, 2.05) is 60.6 Å². The molecular weight excluding hydrogens is 404 g/mol. The molecular formula is C26H36N2O4. The molecule has 0 amide bonds. The van der Waals surface area contributed by atoms with Gasteiger partial charge in [0.1, 0.15) is 23.2 Å². The summed E-state index contributed by atoms with van der Waals surface area (Å²) in [5.74, 6) is -0.611. The summed E-state index contributed by atoms with van der Waals surface area (Å²) in [5.41, 5.74) is 8.06. The number of nitriles is 1. The summed E-state index contributed by atoms with van der Waals surface area (Å²) in [7, 11) is 0. The molecule has 174 valence electrons. The molecule has 6 heteroatoms. The van der Waals surface area contributed by atoms with E-state index >= 15 is 0 Å². The zero-order chi connectivity index (χ0) is 24.4. The molecule has 1 heterocycles. The van der Waals surface area contributed by atoms with Gasteiger partial charge in [-0.1, -0.05) is 60.6 Å². The predicted molar refractivity (Wildman–Crippen MR) is 125 cm³/mol. The standard InChI is InChI=1S/C26H36N2O4/c1-9-11-19-21(24(30)31-10-2)20(16(14-27)23(28)32-19)15-12-17(25(3,4)5)22(29)18(13-15)26(6,7)8/h12-13,20,29H,9-11,28H2,1-8H3/t20-/m1/s1. The number of carbonyl (C=O) groups excluding carboxylic acids is 1. The van der Waals surface area contributed by atoms with E-state index in [1.54, 1.807) is 6.92 Å². The molecule has 1 aliphatic heterocycles. The minimum absolute atomic E-state index is 0.00306. The van der Waals surface area contributed by atoms with Gasteiger partial charge in [0.2, 0.25) is 5.88 Å². The fourth-order valence-electron chi connectivity index (χ4n) is 3.96. The number of rotatable bonds is 5. The summed E-state index contributed by atoms with van der Waals surface area (Å²) >= 11 is 0. The number of phenolic OH excluding ortho intramolecular Hbond substituents is 1. The van der Waals surface area contributed by atoms with Crippen molar-refractivity contribution in [2.75, 3.05) is 6.61 Å². The first-order valence-corrected chi connectivity index (χ1v) is 11.1. The molecule has 0 spiro atoms. The lowest BCUT2D eigenvalue weighted by molar-refractivity contribution is -0.139. The van der Waals surface area contributed by atoms with E-state index in [2.05, 4.69) is 6.07 Å². The number of ether oxygens (including phenoxy) is 2. The molecule has 6 nitrogen and oxygen atoms in total. The van der Waals surface area contributed by atoms with E-state index in [0.717, 1.165) is 17.5 Å². The fraction of sp³-hybridized carbons (Fsp3) is 0.538. The zero-order valence-corrected chi connectivity index (χ0v) is 20.5. The van der Waals surface area contributed by atoms with Gasteiger partial charge in [-0.05, 0) is 40.9 Å². The van der Waals surface area contributed by atoms with Crippen LogP contribution in [0.25, 0.3) is 0 Å². The van der Waals surface area contributed by atoms with Crippen molar-refractivity contribution in [3.63, 3.8) is 0 Å². The van der Waals surface area contributed by atoms with Gasteiger partial charge in [-0.2, -0.15) is 5.26 Å². The molecule has 1 aliphatic rings. The summed E-state index contributed by atoms with van der Waals surface area (Å²) in [6.45, 7) is 16.0. The maximum atomic E-state index is 13.1. The van der Waals surface area contributed by atoms with Gasteiger partial charge < -0.3 is 20.3 Å². The van der Waals surface area contributed by atoms with Crippen molar-refractivity contribution in [3.8, 4) is 11.8 Å². The Morgan fingerprint density at radius 2 is 1.69 bits per heavy atom. The Labute approximate surface area is 191 Å². The van der Waals surface area contributed by atoms with Crippen molar-refractivity contribution in [1.82, 2.24) is 0 Å². The van der Waals surface area contributed by atoms with Crippen molar-refractivity contribution in [2.24, 2.45) is 5.73 Å². The Morgan fingerprint density at radius 3 is 2.09 bits per heavy atom. The first kappa shape index (κ1) is 25.3. The number of nitrogens with two attached hydrogens (primary N) is 1. The van der Waals surface area contributed by atoms with Gasteiger partial charge in [-0.15, -0.1) is 0 Å². The highest BCUT2D eigenvalue weighted by Gasteiger charge is 2.39. The number of aromatic hydroxyl groups is 1. The van der Waals surface area contributed by atoms with Crippen LogP contribution in [0.15, 0.2) is 34.9 Å². The summed E-state index contributed by atoms with van der Waals surface area (Å²) in [6.07, 6.45) is 1.22. The molecule has 3 N–H and O–H groups in total.